The molecule has 1 amide bonds. The molecule has 0 radical (unpaired) electrons. The van der Waals surface area contributed by atoms with E-state index in [1.165, 1.54) is 29.3 Å². The van der Waals surface area contributed by atoms with Gasteiger partial charge in [0.2, 0.25) is 5.91 Å². The van der Waals surface area contributed by atoms with Gasteiger partial charge in [-0.3, -0.25) is 4.79 Å². The number of fused-ring (bicyclic) bond motifs is 3. The predicted octanol–water partition coefficient (Wildman–Crippen LogP) is 5.20. The fourth-order valence-electron chi connectivity index (χ4n) is 6.27. The van der Waals surface area contributed by atoms with Gasteiger partial charge in [0.05, 0.1) is 5.41 Å². The van der Waals surface area contributed by atoms with E-state index in [1.54, 1.807) is 0 Å². The molecule has 3 aliphatic rings. The van der Waals surface area contributed by atoms with Crippen molar-refractivity contribution in [2.24, 2.45) is 11.8 Å². The van der Waals surface area contributed by atoms with Crippen LogP contribution in [0.4, 0.5) is 5.69 Å². The minimum atomic E-state index is -0.415. The molecule has 1 saturated heterocycles. The number of nitrogens with zero attached hydrogens (tertiary/aromatic N) is 2. The summed E-state index contributed by atoms with van der Waals surface area (Å²) in [5, 5.41) is 2.68. The number of carbonyl (C=O) groups excluding carboxylic acids is 1. The van der Waals surface area contributed by atoms with Gasteiger partial charge in [-0.15, -0.1) is 0 Å². The van der Waals surface area contributed by atoms with Crippen molar-refractivity contribution in [1.29, 1.82) is 0 Å². The standard InChI is InChI=1S/C28H30N2O/c1-28(2)25-9-5-6-10-26(25)30(27(28)31)14-13-29-17-22-16-23(24(22)18-29)21-12-11-19-7-3-4-8-20(19)15-21/h3-12,15,22-24H,13-14,16-18H2,1-2H3. The minimum absolute atomic E-state index is 0.241. The number of benzene rings is 3. The molecule has 1 saturated carbocycles. The largest absolute Gasteiger partial charge is 0.310 e. The maximum absolute atomic E-state index is 13.1. The normalized spacial score (nSPS) is 26.7. The summed E-state index contributed by atoms with van der Waals surface area (Å²) in [5.41, 5.74) is 3.36. The molecule has 0 spiro atoms. The molecule has 31 heavy (non-hydrogen) atoms. The second kappa shape index (κ2) is 6.93. The number of para-hydroxylation sites is 1. The molecular formula is C28H30N2O. The van der Waals surface area contributed by atoms with E-state index in [1.807, 2.05) is 17.0 Å². The van der Waals surface area contributed by atoms with Gasteiger partial charge in [0.15, 0.2) is 0 Å². The highest BCUT2D eigenvalue weighted by Gasteiger charge is 2.48. The number of hydrogen-bond donors (Lipinski definition) is 0. The number of hydrogen-bond acceptors (Lipinski definition) is 2. The van der Waals surface area contributed by atoms with Crippen molar-refractivity contribution >= 4 is 22.4 Å². The Labute approximate surface area is 184 Å². The zero-order valence-electron chi connectivity index (χ0n) is 18.4. The van der Waals surface area contributed by atoms with Crippen LogP contribution in [0.5, 0.6) is 0 Å². The third-order valence-electron chi connectivity index (χ3n) is 8.13. The van der Waals surface area contributed by atoms with Gasteiger partial charge in [0, 0.05) is 31.9 Å². The lowest BCUT2D eigenvalue weighted by Gasteiger charge is -2.40. The molecule has 2 heterocycles. The quantitative estimate of drug-likeness (QED) is 0.590. The SMILES string of the molecule is CC1(C)C(=O)N(CCN2CC3CC(c4ccc5ccccc5c4)C3C2)c2ccccc21. The first-order chi connectivity index (χ1) is 15.0. The van der Waals surface area contributed by atoms with Crippen molar-refractivity contribution in [3.05, 3.63) is 77.9 Å². The van der Waals surface area contributed by atoms with Crippen LogP contribution in [0.2, 0.25) is 0 Å². The third-order valence-corrected chi connectivity index (χ3v) is 8.13. The van der Waals surface area contributed by atoms with Crippen molar-refractivity contribution in [2.75, 3.05) is 31.1 Å². The van der Waals surface area contributed by atoms with Gasteiger partial charge in [-0.2, -0.15) is 0 Å². The molecule has 3 unspecified atom stereocenters. The van der Waals surface area contributed by atoms with E-state index >= 15 is 0 Å². The monoisotopic (exact) mass is 410 g/mol. The van der Waals surface area contributed by atoms with E-state index in [-0.39, 0.29) is 5.91 Å². The lowest BCUT2D eigenvalue weighted by atomic mass is 9.64. The van der Waals surface area contributed by atoms with Crippen LogP contribution in [0.15, 0.2) is 66.7 Å². The van der Waals surface area contributed by atoms with Crippen LogP contribution in [-0.2, 0) is 10.2 Å². The van der Waals surface area contributed by atoms with Gasteiger partial charge in [-0.1, -0.05) is 60.7 Å². The molecule has 158 valence electrons. The fraction of sp³-hybridized carbons (Fsp3) is 0.393. The Bertz CT molecular complexity index is 1170. The van der Waals surface area contributed by atoms with Gasteiger partial charge in [0.1, 0.15) is 0 Å². The Morgan fingerprint density at radius 1 is 0.903 bits per heavy atom. The average Bonchev–Trinajstić information content (AvgIpc) is 3.19. The number of likely N-dealkylation sites (tertiary alicyclic amines) is 1. The van der Waals surface area contributed by atoms with Crippen LogP contribution in [0.25, 0.3) is 10.8 Å². The van der Waals surface area contributed by atoms with Crippen LogP contribution in [0.3, 0.4) is 0 Å². The van der Waals surface area contributed by atoms with Gasteiger partial charge in [-0.05, 0) is 66.0 Å². The van der Waals surface area contributed by atoms with E-state index in [2.05, 4.69) is 73.3 Å². The van der Waals surface area contributed by atoms with Crippen molar-refractivity contribution in [1.82, 2.24) is 4.90 Å². The summed E-state index contributed by atoms with van der Waals surface area (Å²) in [7, 11) is 0. The maximum Gasteiger partial charge on any atom is 0.237 e. The van der Waals surface area contributed by atoms with Crippen molar-refractivity contribution < 1.29 is 4.79 Å². The van der Waals surface area contributed by atoms with Crippen LogP contribution in [0.1, 0.15) is 37.3 Å². The average molecular weight is 411 g/mol. The Morgan fingerprint density at radius 3 is 2.55 bits per heavy atom. The van der Waals surface area contributed by atoms with Crippen LogP contribution in [0, 0.1) is 11.8 Å². The number of amides is 1. The first kappa shape index (κ1) is 19.1. The van der Waals surface area contributed by atoms with E-state index in [0.29, 0.717) is 5.92 Å². The summed E-state index contributed by atoms with van der Waals surface area (Å²) < 4.78 is 0. The molecule has 0 aromatic heterocycles. The summed E-state index contributed by atoms with van der Waals surface area (Å²) in [5.74, 6) is 2.51. The number of anilines is 1. The Morgan fingerprint density at radius 2 is 1.68 bits per heavy atom. The predicted molar refractivity (Wildman–Crippen MR) is 127 cm³/mol. The first-order valence-corrected chi connectivity index (χ1v) is 11.6. The second-order valence-corrected chi connectivity index (χ2v) is 10.2. The smallest absolute Gasteiger partial charge is 0.237 e. The molecule has 0 bridgehead atoms. The third kappa shape index (κ3) is 2.94. The van der Waals surface area contributed by atoms with E-state index in [0.717, 1.165) is 42.7 Å². The van der Waals surface area contributed by atoms with Crippen LogP contribution in [-0.4, -0.2) is 37.0 Å². The Kier molecular flexibility index (Phi) is 4.26. The lowest BCUT2D eigenvalue weighted by molar-refractivity contribution is -0.122. The minimum Gasteiger partial charge on any atom is -0.310 e. The fourth-order valence-corrected chi connectivity index (χ4v) is 6.27. The summed E-state index contributed by atoms with van der Waals surface area (Å²) in [6.07, 6.45) is 1.30. The highest BCUT2D eigenvalue weighted by atomic mass is 16.2. The maximum atomic E-state index is 13.1. The summed E-state index contributed by atoms with van der Waals surface area (Å²) >= 11 is 0. The Balaban J connectivity index is 1.13. The van der Waals surface area contributed by atoms with Crippen molar-refractivity contribution in [3.63, 3.8) is 0 Å². The highest BCUT2D eigenvalue weighted by Crippen LogP contribution is 2.51. The van der Waals surface area contributed by atoms with Crippen LogP contribution < -0.4 is 4.90 Å². The first-order valence-electron chi connectivity index (χ1n) is 11.6. The van der Waals surface area contributed by atoms with Crippen molar-refractivity contribution in [2.45, 2.75) is 31.6 Å². The summed E-state index contributed by atoms with van der Waals surface area (Å²) in [4.78, 5) is 17.7. The number of rotatable bonds is 4. The second-order valence-electron chi connectivity index (χ2n) is 10.2. The van der Waals surface area contributed by atoms with E-state index < -0.39 is 5.41 Å². The molecule has 3 nitrogen and oxygen atoms in total. The molecule has 2 aliphatic heterocycles. The molecular weight excluding hydrogens is 380 g/mol. The topological polar surface area (TPSA) is 23.6 Å². The van der Waals surface area contributed by atoms with Gasteiger partial charge in [0.25, 0.3) is 0 Å². The van der Waals surface area contributed by atoms with E-state index in [4.69, 9.17) is 0 Å². The number of carbonyl (C=O) groups is 1. The highest BCUT2D eigenvalue weighted by molar-refractivity contribution is 6.07. The van der Waals surface area contributed by atoms with E-state index in [9.17, 15) is 4.79 Å². The van der Waals surface area contributed by atoms with Gasteiger partial charge < -0.3 is 9.80 Å². The molecule has 3 atom stereocenters. The molecule has 0 N–H and O–H groups in total. The lowest BCUT2D eigenvalue weighted by Crippen LogP contribution is -2.40. The summed E-state index contributed by atoms with van der Waals surface area (Å²) in [6.45, 7) is 8.21. The molecule has 3 aromatic carbocycles. The molecule has 1 aliphatic carbocycles. The molecule has 2 fully saturated rings. The van der Waals surface area contributed by atoms with Gasteiger partial charge >= 0.3 is 0 Å². The van der Waals surface area contributed by atoms with Gasteiger partial charge in [-0.25, -0.2) is 0 Å². The molecule has 6 rings (SSSR count). The zero-order chi connectivity index (χ0) is 21.2. The zero-order valence-corrected chi connectivity index (χ0v) is 18.4. The summed E-state index contributed by atoms with van der Waals surface area (Å²) in [6, 6.07) is 24.0. The van der Waals surface area contributed by atoms with Crippen LogP contribution >= 0.6 is 0 Å². The Hall–Kier alpha value is -2.65. The molecule has 3 aromatic rings. The molecule has 3 heteroatoms. The van der Waals surface area contributed by atoms with Crippen molar-refractivity contribution in [3.8, 4) is 0 Å².